The van der Waals surface area contributed by atoms with Gasteiger partial charge in [-0.25, -0.2) is 0 Å². The Kier molecular flexibility index (Phi) is 5.20. The van der Waals surface area contributed by atoms with Gasteiger partial charge in [-0.05, 0) is 35.9 Å². The number of piperazine rings is 1. The number of nitrogens with zero attached hydrogens (tertiary/aromatic N) is 2. The number of amides is 1. The molecule has 4 nitrogen and oxygen atoms in total. The third-order valence-corrected chi connectivity index (χ3v) is 4.57. The number of para-hydroxylation sites is 2. The van der Waals surface area contributed by atoms with Crippen LogP contribution in [-0.2, 0) is 4.79 Å². The van der Waals surface area contributed by atoms with Gasteiger partial charge in [0.15, 0.2) is 0 Å². The number of hydrogen-bond donors (Lipinski definition) is 1. The highest BCUT2D eigenvalue weighted by atomic mass is 79.9. The molecule has 24 heavy (non-hydrogen) atoms. The predicted molar refractivity (Wildman–Crippen MR) is 100 cm³/mol. The predicted octanol–water partition coefficient (Wildman–Crippen LogP) is 3.52. The Morgan fingerprint density at radius 2 is 1.79 bits per heavy atom. The Morgan fingerprint density at radius 1 is 1.04 bits per heavy atom. The van der Waals surface area contributed by atoms with Crippen LogP contribution in [0, 0.1) is 0 Å². The summed E-state index contributed by atoms with van der Waals surface area (Å²) in [5.74, 6) is 0.304. The van der Waals surface area contributed by atoms with Gasteiger partial charge in [-0.3, -0.25) is 4.79 Å². The van der Waals surface area contributed by atoms with Crippen molar-refractivity contribution in [1.29, 1.82) is 0 Å². The fourth-order valence-electron chi connectivity index (χ4n) is 2.78. The van der Waals surface area contributed by atoms with E-state index in [0.717, 1.165) is 15.7 Å². The van der Waals surface area contributed by atoms with Crippen molar-refractivity contribution in [3.05, 3.63) is 64.6 Å². The highest BCUT2D eigenvalue weighted by Gasteiger charge is 2.21. The molecule has 1 heterocycles. The minimum atomic E-state index is 0.0203. The zero-order chi connectivity index (χ0) is 16.9. The third-order valence-electron chi connectivity index (χ3n) is 4.08. The molecule has 124 valence electrons. The molecular formula is C19H19BrN2O2. The monoisotopic (exact) mass is 386 g/mol. The minimum absolute atomic E-state index is 0.0203. The molecule has 1 amide bonds. The minimum Gasteiger partial charge on any atom is -0.506 e. The fourth-order valence-corrected chi connectivity index (χ4v) is 3.20. The van der Waals surface area contributed by atoms with Gasteiger partial charge in [-0.2, -0.15) is 0 Å². The number of rotatable bonds is 3. The molecule has 3 rings (SSSR count). The van der Waals surface area contributed by atoms with Crippen LogP contribution in [0.25, 0.3) is 6.08 Å². The highest BCUT2D eigenvalue weighted by molar-refractivity contribution is 9.10. The van der Waals surface area contributed by atoms with E-state index in [-0.39, 0.29) is 11.7 Å². The van der Waals surface area contributed by atoms with Crippen molar-refractivity contribution < 1.29 is 9.90 Å². The van der Waals surface area contributed by atoms with Gasteiger partial charge in [0.05, 0.1) is 5.69 Å². The first-order valence-electron chi connectivity index (χ1n) is 7.89. The molecule has 0 saturated carbocycles. The van der Waals surface area contributed by atoms with E-state index < -0.39 is 0 Å². The van der Waals surface area contributed by atoms with Gasteiger partial charge in [0.1, 0.15) is 5.75 Å². The lowest BCUT2D eigenvalue weighted by Gasteiger charge is -2.35. The molecule has 0 aliphatic carbocycles. The Balaban J connectivity index is 1.58. The standard InChI is InChI=1S/C19H19BrN2O2/c20-16-5-3-4-15(14-16)8-9-19(24)22-12-10-21(11-13-22)17-6-1-2-7-18(17)23/h1-9,14,23H,10-13H2/b9-8+. The topological polar surface area (TPSA) is 43.8 Å². The number of benzene rings is 2. The molecule has 1 saturated heterocycles. The molecule has 0 bridgehead atoms. The van der Waals surface area contributed by atoms with Crippen molar-refractivity contribution in [2.24, 2.45) is 0 Å². The Labute approximate surface area is 150 Å². The number of carbonyl (C=O) groups excluding carboxylic acids is 1. The van der Waals surface area contributed by atoms with Crippen LogP contribution in [0.2, 0.25) is 0 Å². The fraction of sp³-hybridized carbons (Fsp3) is 0.211. The average molecular weight is 387 g/mol. The van der Waals surface area contributed by atoms with Crippen LogP contribution < -0.4 is 4.90 Å². The van der Waals surface area contributed by atoms with Crippen LogP contribution in [0.1, 0.15) is 5.56 Å². The molecular weight excluding hydrogens is 368 g/mol. The van der Waals surface area contributed by atoms with Gasteiger partial charge < -0.3 is 14.9 Å². The van der Waals surface area contributed by atoms with Crippen LogP contribution in [0.4, 0.5) is 5.69 Å². The zero-order valence-corrected chi connectivity index (χ0v) is 14.8. The van der Waals surface area contributed by atoms with E-state index in [1.807, 2.05) is 53.4 Å². The van der Waals surface area contributed by atoms with E-state index in [1.165, 1.54) is 0 Å². The lowest BCUT2D eigenvalue weighted by atomic mass is 10.2. The lowest BCUT2D eigenvalue weighted by Crippen LogP contribution is -2.48. The number of aromatic hydroxyl groups is 1. The van der Waals surface area contributed by atoms with Gasteiger partial charge >= 0.3 is 0 Å². The van der Waals surface area contributed by atoms with Gasteiger partial charge in [0.25, 0.3) is 0 Å². The smallest absolute Gasteiger partial charge is 0.246 e. The molecule has 1 fully saturated rings. The van der Waals surface area contributed by atoms with Crippen molar-refractivity contribution in [2.45, 2.75) is 0 Å². The Morgan fingerprint density at radius 3 is 2.50 bits per heavy atom. The second-order valence-electron chi connectivity index (χ2n) is 5.69. The molecule has 0 radical (unpaired) electrons. The first-order valence-corrected chi connectivity index (χ1v) is 8.68. The molecule has 1 N–H and O–H groups in total. The van der Waals surface area contributed by atoms with Crippen molar-refractivity contribution in [3.8, 4) is 5.75 Å². The van der Waals surface area contributed by atoms with Gasteiger partial charge in [0, 0.05) is 36.7 Å². The highest BCUT2D eigenvalue weighted by Crippen LogP contribution is 2.27. The van der Waals surface area contributed by atoms with E-state index in [4.69, 9.17) is 0 Å². The van der Waals surface area contributed by atoms with Crippen molar-refractivity contribution in [3.63, 3.8) is 0 Å². The molecule has 2 aromatic rings. The first-order chi connectivity index (χ1) is 11.6. The number of phenols is 1. The summed E-state index contributed by atoms with van der Waals surface area (Å²) in [6.45, 7) is 2.73. The van der Waals surface area contributed by atoms with E-state index in [9.17, 15) is 9.90 Å². The normalized spacial score (nSPS) is 15.0. The molecule has 0 aromatic heterocycles. The van der Waals surface area contributed by atoms with Crippen LogP contribution in [0.5, 0.6) is 5.75 Å². The zero-order valence-electron chi connectivity index (χ0n) is 13.2. The van der Waals surface area contributed by atoms with E-state index in [2.05, 4.69) is 20.8 Å². The number of halogens is 1. The number of hydrogen-bond acceptors (Lipinski definition) is 3. The second-order valence-corrected chi connectivity index (χ2v) is 6.61. The summed E-state index contributed by atoms with van der Waals surface area (Å²) < 4.78 is 0.994. The molecule has 1 aliphatic rings. The van der Waals surface area contributed by atoms with E-state index in [1.54, 1.807) is 12.1 Å². The second kappa shape index (κ2) is 7.53. The largest absolute Gasteiger partial charge is 0.506 e. The molecule has 0 spiro atoms. The summed E-state index contributed by atoms with van der Waals surface area (Å²) in [6.07, 6.45) is 3.46. The number of phenolic OH excluding ortho intramolecular Hbond substituents is 1. The summed E-state index contributed by atoms with van der Waals surface area (Å²) in [5.41, 5.74) is 1.82. The van der Waals surface area contributed by atoms with Crippen LogP contribution in [0.3, 0.4) is 0 Å². The molecule has 2 aromatic carbocycles. The maximum absolute atomic E-state index is 12.3. The third kappa shape index (κ3) is 3.97. The molecule has 0 atom stereocenters. The molecule has 0 unspecified atom stereocenters. The maximum atomic E-state index is 12.3. The van der Waals surface area contributed by atoms with Crippen LogP contribution in [0.15, 0.2) is 59.1 Å². The Bertz CT molecular complexity index is 753. The summed E-state index contributed by atoms with van der Waals surface area (Å²) >= 11 is 3.43. The summed E-state index contributed by atoms with van der Waals surface area (Å²) in [7, 11) is 0. The van der Waals surface area contributed by atoms with Gasteiger partial charge in [-0.1, -0.05) is 40.2 Å². The molecule has 5 heteroatoms. The average Bonchev–Trinajstić information content (AvgIpc) is 2.60. The SMILES string of the molecule is O=C(/C=C/c1cccc(Br)c1)N1CCN(c2ccccc2O)CC1. The number of carbonyl (C=O) groups is 1. The maximum Gasteiger partial charge on any atom is 0.246 e. The number of anilines is 1. The van der Waals surface area contributed by atoms with Crippen molar-refractivity contribution >= 4 is 33.6 Å². The van der Waals surface area contributed by atoms with Crippen molar-refractivity contribution in [1.82, 2.24) is 4.90 Å². The van der Waals surface area contributed by atoms with Gasteiger partial charge in [0.2, 0.25) is 5.91 Å². The van der Waals surface area contributed by atoms with E-state index >= 15 is 0 Å². The Hall–Kier alpha value is -2.27. The van der Waals surface area contributed by atoms with Crippen LogP contribution in [-0.4, -0.2) is 42.1 Å². The molecule has 1 aliphatic heterocycles. The van der Waals surface area contributed by atoms with Crippen LogP contribution >= 0.6 is 15.9 Å². The first kappa shape index (κ1) is 16.6. The van der Waals surface area contributed by atoms with Gasteiger partial charge in [-0.15, -0.1) is 0 Å². The van der Waals surface area contributed by atoms with Crippen molar-refractivity contribution in [2.75, 3.05) is 31.1 Å². The summed E-state index contributed by atoms with van der Waals surface area (Å²) in [4.78, 5) is 16.3. The quantitative estimate of drug-likeness (QED) is 0.820. The van der Waals surface area contributed by atoms with E-state index in [0.29, 0.717) is 26.2 Å². The summed E-state index contributed by atoms with van der Waals surface area (Å²) in [6, 6.07) is 15.1. The lowest BCUT2D eigenvalue weighted by molar-refractivity contribution is -0.126. The summed E-state index contributed by atoms with van der Waals surface area (Å²) in [5, 5.41) is 9.93.